The molecule has 0 aliphatic rings. The third-order valence-corrected chi connectivity index (χ3v) is 0.490. The molecule has 0 radical (unpaired) electrons. The molecule has 0 rings (SSSR count). The highest BCUT2D eigenvalue weighted by molar-refractivity contribution is 6.80. The zero-order valence-corrected chi connectivity index (χ0v) is 4.78. The molecule has 3 nitrogen and oxygen atoms in total. The molecule has 8 heavy (non-hydrogen) atoms. The Kier molecular flexibility index (Phi) is 3.10. The van der Waals surface area contributed by atoms with E-state index in [0.717, 1.165) is 7.11 Å². The van der Waals surface area contributed by atoms with Gasteiger partial charge in [-0.3, -0.25) is 4.79 Å². The van der Waals surface area contributed by atoms with Crippen molar-refractivity contribution in [2.24, 2.45) is 5.16 Å². The fourth-order valence-corrected chi connectivity index (χ4v) is 0.151. The first-order chi connectivity index (χ1) is 3.68. The summed E-state index contributed by atoms with van der Waals surface area (Å²) in [5.74, 6) is -1.34. The van der Waals surface area contributed by atoms with Crippen molar-refractivity contribution in [3.63, 3.8) is 0 Å². The summed E-state index contributed by atoms with van der Waals surface area (Å²) in [6, 6.07) is 0. The molecule has 0 heterocycles. The second-order valence-corrected chi connectivity index (χ2v) is 1.18. The first kappa shape index (κ1) is 7.36. The Hall–Kier alpha value is -0.640. The van der Waals surface area contributed by atoms with Crippen LogP contribution in [0.3, 0.4) is 0 Å². The molecule has 0 aliphatic carbocycles. The Bertz CT molecular complexity index is 124. The summed E-state index contributed by atoms with van der Waals surface area (Å²) in [7, 11) is 1.11. The van der Waals surface area contributed by atoms with Gasteiger partial charge >= 0.3 is 11.2 Å². The normalized spacial score (nSPS) is 11.1. The molecule has 0 aromatic carbocycles. The summed E-state index contributed by atoms with van der Waals surface area (Å²) in [5.41, 5.74) is 0. The molecular formula is C3H3ClFNO2. The standard InChI is InChI=1S/C3H3ClFNO2/c1-8-6-3(5)2(4)7/h1H3. The average Bonchev–Trinajstić information content (AvgIpc) is 1.67. The van der Waals surface area contributed by atoms with Gasteiger partial charge in [-0.1, -0.05) is 0 Å². The van der Waals surface area contributed by atoms with E-state index in [-0.39, 0.29) is 0 Å². The lowest BCUT2D eigenvalue weighted by molar-refractivity contribution is -0.107. The molecule has 0 bridgehead atoms. The van der Waals surface area contributed by atoms with Crippen molar-refractivity contribution in [3.8, 4) is 0 Å². The van der Waals surface area contributed by atoms with E-state index in [9.17, 15) is 9.18 Å². The summed E-state index contributed by atoms with van der Waals surface area (Å²) in [6.07, 6.45) is 0. The third kappa shape index (κ3) is 2.52. The van der Waals surface area contributed by atoms with Crippen LogP contribution in [0.5, 0.6) is 0 Å². The summed E-state index contributed by atoms with van der Waals surface area (Å²) < 4.78 is 11.7. The second kappa shape index (κ2) is 3.37. The molecule has 0 atom stereocenters. The maximum absolute atomic E-state index is 11.7. The van der Waals surface area contributed by atoms with E-state index in [1.165, 1.54) is 0 Å². The van der Waals surface area contributed by atoms with E-state index < -0.39 is 11.2 Å². The Morgan fingerprint density at radius 1 is 1.88 bits per heavy atom. The topological polar surface area (TPSA) is 38.7 Å². The van der Waals surface area contributed by atoms with E-state index >= 15 is 0 Å². The van der Waals surface area contributed by atoms with Crippen molar-refractivity contribution in [3.05, 3.63) is 0 Å². The number of carbonyl (C=O) groups excluding carboxylic acids is 1. The van der Waals surface area contributed by atoms with Crippen molar-refractivity contribution in [2.45, 2.75) is 0 Å². The molecule has 0 spiro atoms. The number of rotatable bonds is 2. The molecule has 0 saturated carbocycles. The molecule has 0 aliphatic heterocycles. The van der Waals surface area contributed by atoms with E-state index in [1.54, 1.807) is 0 Å². The zero-order chi connectivity index (χ0) is 6.57. The van der Waals surface area contributed by atoms with Crippen molar-refractivity contribution >= 4 is 22.8 Å². The van der Waals surface area contributed by atoms with Crippen LogP contribution < -0.4 is 0 Å². The van der Waals surface area contributed by atoms with Gasteiger partial charge in [-0.25, -0.2) is 0 Å². The first-order valence-corrected chi connectivity index (χ1v) is 2.02. The van der Waals surface area contributed by atoms with Crippen LogP contribution in [0, 0.1) is 0 Å². The van der Waals surface area contributed by atoms with E-state index in [4.69, 9.17) is 0 Å². The van der Waals surface area contributed by atoms with Crippen molar-refractivity contribution in [1.82, 2.24) is 0 Å². The second-order valence-electron chi connectivity index (χ2n) is 0.838. The van der Waals surface area contributed by atoms with Gasteiger partial charge in [-0.05, 0) is 16.8 Å². The van der Waals surface area contributed by atoms with Gasteiger partial charge in [0.1, 0.15) is 7.11 Å². The summed E-state index contributed by atoms with van der Waals surface area (Å²) in [4.78, 5) is 13.6. The van der Waals surface area contributed by atoms with E-state index in [2.05, 4.69) is 21.6 Å². The van der Waals surface area contributed by atoms with Crippen LogP contribution in [0.15, 0.2) is 5.16 Å². The number of halogens is 2. The molecule has 0 aromatic heterocycles. The van der Waals surface area contributed by atoms with Gasteiger partial charge < -0.3 is 4.84 Å². The van der Waals surface area contributed by atoms with Gasteiger partial charge in [0.05, 0.1) is 0 Å². The maximum atomic E-state index is 11.7. The molecule has 46 valence electrons. The van der Waals surface area contributed by atoms with Crippen molar-refractivity contribution < 1.29 is 14.0 Å². The van der Waals surface area contributed by atoms with Crippen LogP contribution in [0.4, 0.5) is 4.39 Å². The Balaban J connectivity index is 3.80. The SMILES string of the molecule is CON=C(F)C(=O)Cl. The summed E-state index contributed by atoms with van der Waals surface area (Å²) in [6.45, 7) is 0. The number of nitrogens with zero attached hydrogens (tertiary/aromatic N) is 1. The average molecular weight is 140 g/mol. The minimum Gasteiger partial charge on any atom is -0.397 e. The molecule has 0 fully saturated rings. The van der Waals surface area contributed by atoms with Crippen molar-refractivity contribution in [2.75, 3.05) is 7.11 Å². The van der Waals surface area contributed by atoms with Gasteiger partial charge in [0.2, 0.25) is 0 Å². The van der Waals surface area contributed by atoms with Gasteiger partial charge in [-0.15, -0.1) is 0 Å². The van der Waals surface area contributed by atoms with Crippen LogP contribution in [0.1, 0.15) is 0 Å². The highest BCUT2D eigenvalue weighted by Crippen LogP contribution is 1.87. The van der Waals surface area contributed by atoms with Crippen LogP contribution >= 0.6 is 11.6 Å². The predicted octanol–water partition coefficient (Wildman–Crippen LogP) is 0.681. The minimum atomic E-state index is -1.34. The lowest BCUT2D eigenvalue weighted by Crippen LogP contribution is -1.98. The van der Waals surface area contributed by atoms with Crippen molar-refractivity contribution in [1.29, 1.82) is 0 Å². The lowest BCUT2D eigenvalue weighted by Gasteiger charge is -1.83. The molecule has 0 aromatic rings. The third-order valence-electron chi connectivity index (χ3n) is 0.334. The Morgan fingerprint density at radius 3 is 2.50 bits per heavy atom. The van der Waals surface area contributed by atoms with Gasteiger partial charge in [-0.2, -0.15) is 4.39 Å². The monoisotopic (exact) mass is 139 g/mol. The summed E-state index contributed by atoms with van der Waals surface area (Å²) >= 11 is 4.58. The van der Waals surface area contributed by atoms with Crippen LogP contribution in [-0.2, 0) is 9.63 Å². The van der Waals surface area contributed by atoms with Crippen LogP contribution in [-0.4, -0.2) is 18.3 Å². The van der Waals surface area contributed by atoms with Crippen LogP contribution in [0.2, 0.25) is 0 Å². The van der Waals surface area contributed by atoms with Crippen LogP contribution in [0.25, 0.3) is 0 Å². The number of hydrogen-bond acceptors (Lipinski definition) is 3. The number of oxime groups is 1. The lowest BCUT2D eigenvalue weighted by atomic mass is 10.8. The molecule has 0 N–H and O–H groups in total. The molecule has 0 saturated heterocycles. The maximum Gasteiger partial charge on any atom is 0.308 e. The predicted molar refractivity (Wildman–Crippen MR) is 26.4 cm³/mol. The number of carbonyl (C=O) groups is 1. The highest BCUT2D eigenvalue weighted by Gasteiger charge is 2.04. The van der Waals surface area contributed by atoms with E-state index in [1.807, 2.05) is 0 Å². The summed E-state index contributed by atoms with van der Waals surface area (Å²) in [5, 5.41) is 1.34. The molecular weight excluding hydrogens is 136 g/mol. The minimum absolute atomic E-state index is 1.11. The van der Waals surface area contributed by atoms with Gasteiger partial charge in [0, 0.05) is 0 Å². The largest absolute Gasteiger partial charge is 0.397 e. The quantitative estimate of drug-likeness (QED) is 0.321. The number of hydrogen-bond donors (Lipinski definition) is 0. The van der Waals surface area contributed by atoms with Gasteiger partial charge in [0.25, 0.3) is 0 Å². The molecule has 5 heteroatoms. The first-order valence-electron chi connectivity index (χ1n) is 1.65. The van der Waals surface area contributed by atoms with E-state index in [0.29, 0.717) is 0 Å². The fraction of sp³-hybridized carbons (Fsp3) is 0.333. The molecule has 0 amide bonds. The highest BCUT2D eigenvalue weighted by atomic mass is 35.5. The van der Waals surface area contributed by atoms with Gasteiger partial charge in [0.15, 0.2) is 0 Å². The zero-order valence-electron chi connectivity index (χ0n) is 4.02. The Labute approximate surface area is 50.1 Å². The fourth-order valence-electron chi connectivity index (χ4n) is 0.116. The molecule has 0 unspecified atom stereocenters. The smallest absolute Gasteiger partial charge is 0.308 e. The Morgan fingerprint density at radius 2 is 2.38 bits per heavy atom.